The highest BCUT2D eigenvalue weighted by atomic mass is 16.6. The fraction of sp³-hybridized carbons (Fsp3) is 0.765. The molecular weight excluding hydrogens is 308 g/mol. The molecule has 7 nitrogen and oxygen atoms in total. The number of hydrogen-bond acceptors (Lipinski definition) is 4. The molecule has 0 aliphatic heterocycles. The van der Waals surface area contributed by atoms with Gasteiger partial charge in [0.05, 0.1) is 4.92 Å². The number of aromatic nitrogens is 2. The molecule has 4 bridgehead atoms. The number of amides is 1. The van der Waals surface area contributed by atoms with E-state index < -0.39 is 11.0 Å². The number of carbonyl (C=O) groups is 1. The first kappa shape index (κ1) is 15.6. The summed E-state index contributed by atoms with van der Waals surface area (Å²) in [5, 5.41) is 18.4. The predicted molar refractivity (Wildman–Crippen MR) is 87.3 cm³/mol. The van der Waals surface area contributed by atoms with Crippen molar-refractivity contribution in [3.63, 3.8) is 0 Å². The fourth-order valence-corrected chi connectivity index (χ4v) is 5.42. The fourth-order valence-electron chi connectivity index (χ4n) is 5.42. The van der Waals surface area contributed by atoms with Gasteiger partial charge in [-0.05, 0) is 69.6 Å². The van der Waals surface area contributed by atoms with Gasteiger partial charge in [-0.3, -0.25) is 19.6 Å². The number of nitrogens with zero attached hydrogens (tertiary/aromatic N) is 3. The van der Waals surface area contributed by atoms with E-state index in [-0.39, 0.29) is 17.6 Å². The highest BCUT2D eigenvalue weighted by Gasteiger charge is 2.48. The third-order valence-corrected chi connectivity index (χ3v) is 6.40. The maximum atomic E-state index is 12.7. The monoisotopic (exact) mass is 332 g/mol. The molecule has 0 aromatic carbocycles. The minimum Gasteiger partial charge on any atom is -0.351 e. The van der Waals surface area contributed by atoms with Crippen LogP contribution in [0.2, 0.25) is 0 Å². The average molecular weight is 332 g/mol. The molecule has 5 rings (SSSR count). The summed E-state index contributed by atoms with van der Waals surface area (Å²) in [7, 11) is 0. The Bertz CT molecular complexity index is 655. The zero-order valence-electron chi connectivity index (χ0n) is 14.1. The quantitative estimate of drug-likeness (QED) is 0.678. The average Bonchev–Trinajstić information content (AvgIpc) is 2.91. The Hall–Kier alpha value is -1.92. The molecule has 1 atom stereocenters. The van der Waals surface area contributed by atoms with Gasteiger partial charge in [-0.1, -0.05) is 0 Å². The lowest BCUT2D eigenvalue weighted by molar-refractivity contribution is -0.385. The highest BCUT2D eigenvalue weighted by Crippen LogP contribution is 2.53. The molecule has 130 valence electrons. The highest BCUT2D eigenvalue weighted by molar-refractivity contribution is 5.80. The maximum Gasteiger partial charge on any atom is 0.309 e. The number of carbonyl (C=O) groups excluding carboxylic acids is 1. The smallest absolute Gasteiger partial charge is 0.309 e. The molecule has 4 fully saturated rings. The molecule has 4 aliphatic carbocycles. The van der Waals surface area contributed by atoms with Gasteiger partial charge in [-0.2, -0.15) is 5.10 Å². The number of aryl methyl sites for hydroxylation is 1. The minimum atomic E-state index is -0.533. The predicted octanol–water partition coefficient (Wildman–Crippen LogP) is 2.60. The number of hydrogen-bond donors (Lipinski definition) is 1. The van der Waals surface area contributed by atoms with Crippen molar-refractivity contribution in [2.24, 2.45) is 23.7 Å². The van der Waals surface area contributed by atoms with Crippen LogP contribution in [0.25, 0.3) is 0 Å². The molecule has 1 aromatic rings. The van der Waals surface area contributed by atoms with Crippen LogP contribution in [0.3, 0.4) is 0 Å². The third kappa shape index (κ3) is 2.50. The van der Waals surface area contributed by atoms with Crippen molar-refractivity contribution in [3.8, 4) is 0 Å². The Balaban J connectivity index is 1.46. The second-order valence-electron chi connectivity index (χ2n) is 7.98. The van der Waals surface area contributed by atoms with Crippen LogP contribution in [0.5, 0.6) is 0 Å². The van der Waals surface area contributed by atoms with E-state index in [0.29, 0.717) is 17.5 Å². The number of rotatable bonds is 4. The van der Waals surface area contributed by atoms with E-state index in [0.717, 1.165) is 11.8 Å². The van der Waals surface area contributed by atoms with Crippen LogP contribution in [0.1, 0.15) is 50.8 Å². The van der Waals surface area contributed by atoms with Crippen LogP contribution in [-0.4, -0.2) is 26.7 Å². The number of nitrogens with one attached hydrogen (secondary N) is 1. The second kappa shape index (κ2) is 5.57. The van der Waals surface area contributed by atoms with Gasteiger partial charge in [0.15, 0.2) is 0 Å². The van der Waals surface area contributed by atoms with Crippen molar-refractivity contribution < 1.29 is 9.72 Å². The van der Waals surface area contributed by atoms with Crippen LogP contribution in [-0.2, 0) is 4.79 Å². The third-order valence-electron chi connectivity index (χ3n) is 6.40. The molecule has 1 unspecified atom stereocenters. The Kier molecular flexibility index (Phi) is 3.62. The van der Waals surface area contributed by atoms with Gasteiger partial charge in [0.1, 0.15) is 17.9 Å². The zero-order valence-corrected chi connectivity index (χ0v) is 14.1. The first-order valence-electron chi connectivity index (χ1n) is 8.93. The van der Waals surface area contributed by atoms with Crippen molar-refractivity contribution in [1.82, 2.24) is 15.1 Å². The van der Waals surface area contributed by atoms with Crippen molar-refractivity contribution in [1.29, 1.82) is 0 Å². The molecule has 0 saturated heterocycles. The van der Waals surface area contributed by atoms with Crippen molar-refractivity contribution in [3.05, 3.63) is 22.0 Å². The lowest BCUT2D eigenvalue weighted by atomic mass is 9.54. The lowest BCUT2D eigenvalue weighted by Crippen LogP contribution is -2.56. The topological polar surface area (TPSA) is 90.1 Å². The van der Waals surface area contributed by atoms with E-state index in [2.05, 4.69) is 10.4 Å². The Labute approximate surface area is 140 Å². The summed E-state index contributed by atoms with van der Waals surface area (Å²) >= 11 is 0. The molecule has 1 amide bonds. The SMILES string of the molecule is Cc1nn(C(C)C(=O)NC2C3CC4CC(C3)CC2C4)cc1[N+](=O)[O-]. The van der Waals surface area contributed by atoms with Gasteiger partial charge in [-0.15, -0.1) is 0 Å². The molecule has 4 aliphatic rings. The molecule has 1 aromatic heterocycles. The summed E-state index contributed by atoms with van der Waals surface area (Å²) < 4.78 is 1.42. The van der Waals surface area contributed by atoms with E-state index in [9.17, 15) is 14.9 Å². The zero-order chi connectivity index (χ0) is 17.0. The molecule has 24 heavy (non-hydrogen) atoms. The van der Waals surface area contributed by atoms with Gasteiger partial charge in [0.2, 0.25) is 5.91 Å². The summed E-state index contributed by atoms with van der Waals surface area (Å²) in [5.41, 5.74) is 0.304. The Morgan fingerprint density at radius 2 is 1.88 bits per heavy atom. The molecule has 4 saturated carbocycles. The first-order valence-corrected chi connectivity index (χ1v) is 8.93. The standard InChI is InChI=1S/C17H24N4O3/c1-9-15(21(23)24)8-20(19-9)10(2)17(22)18-16-13-4-11-3-12(6-13)7-14(16)5-11/h8,10-14,16H,3-7H2,1-2H3,(H,18,22). The molecule has 1 N–H and O–H groups in total. The lowest BCUT2D eigenvalue weighted by Gasteiger charge is -2.54. The Morgan fingerprint density at radius 1 is 1.29 bits per heavy atom. The normalized spacial score (nSPS) is 35.0. The van der Waals surface area contributed by atoms with E-state index in [4.69, 9.17) is 0 Å². The van der Waals surface area contributed by atoms with Gasteiger partial charge < -0.3 is 5.32 Å². The van der Waals surface area contributed by atoms with Crippen LogP contribution in [0, 0.1) is 40.7 Å². The van der Waals surface area contributed by atoms with Gasteiger partial charge in [0.25, 0.3) is 0 Å². The second-order valence-corrected chi connectivity index (χ2v) is 7.98. The minimum absolute atomic E-state index is 0.0377. The van der Waals surface area contributed by atoms with Gasteiger partial charge in [-0.25, -0.2) is 0 Å². The van der Waals surface area contributed by atoms with E-state index in [1.807, 2.05) is 0 Å². The molecule has 1 heterocycles. The van der Waals surface area contributed by atoms with Crippen molar-refractivity contribution in [2.75, 3.05) is 0 Å². The van der Waals surface area contributed by atoms with Crippen LogP contribution < -0.4 is 5.32 Å². The summed E-state index contributed by atoms with van der Waals surface area (Å²) in [6.07, 6.45) is 7.74. The molecular formula is C17H24N4O3. The van der Waals surface area contributed by atoms with Crippen molar-refractivity contribution >= 4 is 11.6 Å². The summed E-state index contributed by atoms with van der Waals surface area (Å²) in [6.45, 7) is 3.35. The van der Waals surface area contributed by atoms with Crippen LogP contribution in [0.15, 0.2) is 6.20 Å². The maximum absolute atomic E-state index is 12.7. The van der Waals surface area contributed by atoms with Crippen LogP contribution >= 0.6 is 0 Å². The van der Waals surface area contributed by atoms with Crippen molar-refractivity contribution in [2.45, 2.75) is 58.0 Å². The molecule has 7 heteroatoms. The Morgan fingerprint density at radius 3 is 2.38 bits per heavy atom. The summed E-state index contributed by atoms with van der Waals surface area (Å²) in [6, 6.07) is -0.256. The van der Waals surface area contributed by atoms with E-state index in [1.54, 1.807) is 13.8 Å². The summed E-state index contributed by atoms with van der Waals surface area (Å²) in [5.74, 6) is 2.89. The first-order chi connectivity index (χ1) is 11.4. The molecule has 0 spiro atoms. The van der Waals surface area contributed by atoms with Crippen LogP contribution in [0.4, 0.5) is 5.69 Å². The van der Waals surface area contributed by atoms with E-state index >= 15 is 0 Å². The summed E-state index contributed by atoms with van der Waals surface area (Å²) in [4.78, 5) is 23.2. The van der Waals surface area contributed by atoms with Gasteiger partial charge >= 0.3 is 5.69 Å². The van der Waals surface area contributed by atoms with E-state index in [1.165, 1.54) is 43.0 Å². The number of nitro groups is 1. The molecule has 0 radical (unpaired) electrons. The largest absolute Gasteiger partial charge is 0.351 e. The van der Waals surface area contributed by atoms with Gasteiger partial charge in [0, 0.05) is 6.04 Å².